The lowest BCUT2D eigenvalue weighted by Gasteiger charge is -2.36. The first kappa shape index (κ1) is 22.9. The number of sulfone groups is 1. The fourth-order valence-electron chi connectivity index (χ4n) is 2.68. The van der Waals surface area contributed by atoms with E-state index in [1.165, 1.54) is 24.3 Å². The van der Waals surface area contributed by atoms with Crippen molar-refractivity contribution in [3.05, 3.63) is 46.8 Å². The van der Waals surface area contributed by atoms with Crippen molar-refractivity contribution in [2.45, 2.75) is 55.1 Å². The molecule has 1 fully saturated rings. The first-order chi connectivity index (χ1) is 13.3. The highest BCUT2D eigenvalue weighted by atomic mass is 35.5. The number of carbonyl (C=O) groups excluding carboxylic acids is 1. The Balaban J connectivity index is 0.000000221. The summed E-state index contributed by atoms with van der Waals surface area (Å²) in [5, 5.41) is 13.1. The zero-order chi connectivity index (χ0) is 22.0. The predicted molar refractivity (Wildman–Crippen MR) is 107 cm³/mol. The van der Waals surface area contributed by atoms with E-state index >= 15 is 0 Å². The summed E-state index contributed by atoms with van der Waals surface area (Å²) in [5.41, 5.74) is 5.05. The number of nitrogens with two attached hydrogens (primary N) is 1. The summed E-state index contributed by atoms with van der Waals surface area (Å²) in [7, 11) is -3.84. The third-order valence-corrected chi connectivity index (χ3v) is 7.45. The van der Waals surface area contributed by atoms with E-state index in [1.54, 1.807) is 6.07 Å². The molecule has 8 nitrogen and oxygen atoms in total. The van der Waals surface area contributed by atoms with Crippen molar-refractivity contribution in [2.24, 2.45) is 5.73 Å². The molecule has 0 unspecified atom stereocenters. The topological polar surface area (TPSA) is 141 Å². The van der Waals surface area contributed by atoms with Crippen LogP contribution >= 0.6 is 11.6 Å². The number of nitrogens with zero attached hydrogens (tertiary/aromatic N) is 1. The molecule has 0 atom stereocenters. The summed E-state index contributed by atoms with van der Waals surface area (Å²) in [6.07, 6.45) is 0.972. The third kappa shape index (κ3) is 4.62. The number of primary amides is 1. The first-order valence-electron chi connectivity index (χ1n) is 8.82. The molecule has 1 amide bonds. The number of aromatic nitrogens is 1. The molecule has 0 aliphatic heterocycles. The van der Waals surface area contributed by atoms with Gasteiger partial charge >= 0.3 is 5.97 Å². The number of hydrogen-bond donors (Lipinski definition) is 2. The minimum atomic E-state index is -3.84. The SMILES string of the molecule is CC(C)(C)c1cc(C(N)=O)no1.O=C(O)C1(S(=O)(=O)c2ccc(Cl)cc2)CCC1. The van der Waals surface area contributed by atoms with E-state index in [4.69, 9.17) is 27.0 Å². The Hall–Kier alpha value is -2.39. The zero-order valence-corrected chi connectivity index (χ0v) is 17.9. The van der Waals surface area contributed by atoms with Gasteiger partial charge in [-0.1, -0.05) is 37.5 Å². The van der Waals surface area contributed by atoms with Crippen LogP contribution in [-0.4, -0.2) is 35.3 Å². The summed E-state index contributed by atoms with van der Waals surface area (Å²) in [5.74, 6) is -1.16. The largest absolute Gasteiger partial charge is 0.480 e. The number of aliphatic carboxylic acids is 1. The monoisotopic (exact) mass is 442 g/mol. The number of amides is 1. The van der Waals surface area contributed by atoms with Crippen LogP contribution in [0.1, 0.15) is 56.3 Å². The average Bonchev–Trinajstić information content (AvgIpc) is 3.04. The quantitative estimate of drug-likeness (QED) is 0.740. The van der Waals surface area contributed by atoms with Gasteiger partial charge in [0.1, 0.15) is 5.76 Å². The minimum Gasteiger partial charge on any atom is -0.480 e. The van der Waals surface area contributed by atoms with E-state index < -0.39 is 26.5 Å². The number of hydrogen-bond acceptors (Lipinski definition) is 6. The van der Waals surface area contributed by atoms with E-state index in [2.05, 4.69) is 5.16 Å². The van der Waals surface area contributed by atoms with Crippen LogP contribution in [-0.2, 0) is 20.0 Å². The van der Waals surface area contributed by atoms with E-state index in [0.717, 1.165) is 0 Å². The normalized spacial score (nSPS) is 15.6. The summed E-state index contributed by atoms with van der Waals surface area (Å²) < 4.78 is 27.8. The van der Waals surface area contributed by atoms with E-state index in [-0.39, 0.29) is 28.8 Å². The van der Waals surface area contributed by atoms with Gasteiger partial charge in [-0.3, -0.25) is 9.59 Å². The van der Waals surface area contributed by atoms with Crippen molar-refractivity contribution in [2.75, 3.05) is 0 Å². The summed E-state index contributed by atoms with van der Waals surface area (Å²) in [6, 6.07) is 7.16. The molecule has 0 bridgehead atoms. The molecule has 1 aromatic carbocycles. The van der Waals surface area contributed by atoms with Gasteiger partial charge in [0.2, 0.25) is 0 Å². The molecule has 1 aliphatic carbocycles. The molecule has 158 valence electrons. The molecule has 1 aromatic heterocycles. The van der Waals surface area contributed by atoms with Crippen molar-refractivity contribution in [3.63, 3.8) is 0 Å². The van der Waals surface area contributed by atoms with Crippen molar-refractivity contribution < 1.29 is 27.6 Å². The van der Waals surface area contributed by atoms with Crippen LogP contribution in [0.25, 0.3) is 0 Å². The molecule has 10 heteroatoms. The van der Waals surface area contributed by atoms with Gasteiger partial charge in [-0.25, -0.2) is 8.42 Å². The number of rotatable bonds is 4. The Morgan fingerprint density at radius 2 is 1.76 bits per heavy atom. The molecule has 0 radical (unpaired) electrons. The van der Waals surface area contributed by atoms with Gasteiger partial charge in [0.15, 0.2) is 20.3 Å². The van der Waals surface area contributed by atoms with E-state index in [1.807, 2.05) is 20.8 Å². The van der Waals surface area contributed by atoms with Crippen LogP contribution < -0.4 is 5.73 Å². The Kier molecular flexibility index (Phi) is 6.44. The van der Waals surface area contributed by atoms with Crippen LogP contribution in [0.5, 0.6) is 0 Å². The highest BCUT2D eigenvalue weighted by molar-refractivity contribution is 7.93. The number of benzene rings is 1. The molecular formula is C19H23ClN2O6S. The maximum Gasteiger partial charge on any atom is 0.325 e. The van der Waals surface area contributed by atoms with Gasteiger partial charge in [0.25, 0.3) is 5.91 Å². The molecule has 0 saturated heterocycles. The van der Waals surface area contributed by atoms with Crippen LogP contribution in [0, 0.1) is 0 Å². The lowest BCUT2D eigenvalue weighted by molar-refractivity contribution is -0.142. The number of carboxylic acids is 1. The first-order valence-corrected chi connectivity index (χ1v) is 10.7. The fraction of sp³-hybridized carbons (Fsp3) is 0.421. The van der Waals surface area contributed by atoms with Crippen molar-refractivity contribution in [1.82, 2.24) is 5.16 Å². The lowest BCUT2D eigenvalue weighted by Crippen LogP contribution is -2.51. The molecule has 1 aliphatic rings. The number of halogens is 1. The highest BCUT2D eigenvalue weighted by Gasteiger charge is 2.56. The van der Waals surface area contributed by atoms with Gasteiger partial charge < -0.3 is 15.4 Å². The Bertz CT molecular complexity index is 1000. The molecule has 1 heterocycles. The molecule has 3 N–H and O–H groups in total. The number of carbonyl (C=O) groups is 2. The van der Waals surface area contributed by atoms with Gasteiger partial charge in [0, 0.05) is 16.5 Å². The van der Waals surface area contributed by atoms with Gasteiger partial charge in [-0.2, -0.15) is 0 Å². The van der Waals surface area contributed by atoms with Crippen LogP contribution in [0.15, 0.2) is 39.8 Å². The fourth-order valence-corrected chi connectivity index (χ4v) is 4.81. The summed E-state index contributed by atoms with van der Waals surface area (Å²) in [4.78, 5) is 21.8. The van der Waals surface area contributed by atoms with Crippen LogP contribution in [0.2, 0.25) is 5.02 Å². The molecule has 1 saturated carbocycles. The van der Waals surface area contributed by atoms with Crippen LogP contribution in [0.4, 0.5) is 0 Å². The molecule has 3 rings (SSSR count). The van der Waals surface area contributed by atoms with Crippen molar-refractivity contribution in [3.8, 4) is 0 Å². The Morgan fingerprint density at radius 3 is 2.07 bits per heavy atom. The van der Waals surface area contributed by atoms with E-state index in [0.29, 0.717) is 17.2 Å². The van der Waals surface area contributed by atoms with Gasteiger partial charge in [-0.05, 0) is 43.5 Å². The molecule has 2 aromatic rings. The maximum atomic E-state index is 12.3. The van der Waals surface area contributed by atoms with Crippen molar-refractivity contribution in [1.29, 1.82) is 0 Å². The van der Waals surface area contributed by atoms with Crippen molar-refractivity contribution >= 4 is 33.3 Å². The summed E-state index contributed by atoms with van der Waals surface area (Å²) >= 11 is 5.68. The standard InChI is InChI=1S/C11H11ClO4S.C8H12N2O2/c12-8-2-4-9(5-3-8)17(15,16)11(10(13)14)6-1-7-11;1-8(2,3)6-4-5(7(9)11)10-12-6/h2-5H,1,6-7H2,(H,13,14);4H,1-3H3,(H2,9,11). The Labute approximate surface area is 173 Å². The summed E-state index contributed by atoms with van der Waals surface area (Å²) in [6.45, 7) is 5.91. The zero-order valence-electron chi connectivity index (χ0n) is 16.3. The maximum absolute atomic E-state index is 12.3. The lowest BCUT2D eigenvalue weighted by atomic mass is 9.84. The second-order valence-corrected chi connectivity index (χ2v) is 10.5. The third-order valence-electron chi connectivity index (χ3n) is 4.69. The van der Waals surface area contributed by atoms with Crippen LogP contribution in [0.3, 0.4) is 0 Å². The van der Waals surface area contributed by atoms with Gasteiger partial charge in [0.05, 0.1) is 4.90 Å². The molecule has 29 heavy (non-hydrogen) atoms. The Morgan fingerprint density at radius 1 is 1.21 bits per heavy atom. The minimum absolute atomic E-state index is 0.0176. The second kappa shape index (κ2) is 8.16. The predicted octanol–water partition coefficient (Wildman–Crippen LogP) is 3.19. The van der Waals surface area contributed by atoms with E-state index in [9.17, 15) is 18.0 Å². The second-order valence-electron chi connectivity index (χ2n) is 7.80. The molecule has 0 spiro atoms. The smallest absolute Gasteiger partial charge is 0.325 e. The number of carboxylic acid groups (broad SMARTS) is 1. The highest BCUT2D eigenvalue weighted by Crippen LogP contribution is 2.43. The average molecular weight is 443 g/mol. The molecular weight excluding hydrogens is 420 g/mol. The van der Waals surface area contributed by atoms with Gasteiger partial charge in [-0.15, -0.1) is 0 Å².